The minimum atomic E-state index is -0.525. The number of anilines is 1. The highest BCUT2D eigenvalue weighted by molar-refractivity contribution is 9.10. The average molecular weight is 300 g/mol. The molecule has 0 unspecified atom stereocenters. The van der Waals surface area contributed by atoms with Gasteiger partial charge in [-0.2, -0.15) is 0 Å². The van der Waals surface area contributed by atoms with Gasteiger partial charge in [-0.1, -0.05) is 15.9 Å². The van der Waals surface area contributed by atoms with Crippen LogP contribution in [0.4, 0.5) is 5.69 Å². The van der Waals surface area contributed by atoms with E-state index in [2.05, 4.69) is 21.2 Å². The summed E-state index contributed by atoms with van der Waals surface area (Å²) in [5, 5.41) is 3.23. The Morgan fingerprint density at radius 2 is 1.94 bits per heavy atom. The molecule has 1 aromatic rings. The zero-order valence-electron chi connectivity index (χ0n) is 10.4. The molecular weight excluding hydrogens is 282 g/mol. The smallest absolute Gasteiger partial charge is 0.313 e. The molecule has 94 valence electrons. The number of esters is 1. The highest BCUT2D eigenvalue weighted by Gasteiger charge is 2.28. The standard InChI is InChI=1S/C13H18BrNO2/c1-4-17-12(16)13(2,3)9-15-11-7-5-10(14)6-8-11/h5-8,15H,4,9H2,1-3H3. The van der Waals surface area contributed by atoms with E-state index in [9.17, 15) is 4.79 Å². The number of rotatable bonds is 5. The largest absolute Gasteiger partial charge is 0.466 e. The van der Waals surface area contributed by atoms with Gasteiger partial charge >= 0.3 is 5.97 Å². The Labute approximate surface area is 111 Å². The van der Waals surface area contributed by atoms with Crippen molar-refractivity contribution >= 4 is 27.6 Å². The van der Waals surface area contributed by atoms with Crippen LogP contribution in [-0.2, 0) is 9.53 Å². The Morgan fingerprint density at radius 1 is 1.35 bits per heavy atom. The van der Waals surface area contributed by atoms with Gasteiger partial charge in [0.25, 0.3) is 0 Å². The highest BCUT2D eigenvalue weighted by atomic mass is 79.9. The van der Waals surface area contributed by atoms with E-state index in [1.165, 1.54) is 0 Å². The van der Waals surface area contributed by atoms with Gasteiger partial charge in [0.1, 0.15) is 0 Å². The van der Waals surface area contributed by atoms with E-state index in [0.717, 1.165) is 10.2 Å². The summed E-state index contributed by atoms with van der Waals surface area (Å²) >= 11 is 3.38. The first-order chi connectivity index (χ1) is 7.95. The fraction of sp³-hybridized carbons (Fsp3) is 0.462. The molecule has 4 heteroatoms. The summed E-state index contributed by atoms with van der Waals surface area (Å²) in [4.78, 5) is 11.7. The Bertz CT molecular complexity index is 374. The lowest BCUT2D eigenvalue weighted by atomic mass is 9.93. The maximum atomic E-state index is 11.7. The third kappa shape index (κ3) is 4.38. The monoisotopic (exact) mass is 299 g/mol. The van der Waals surface area contributed by atoms with Crippen LogP contribution in [0.25, 0.3) is 0 Å². The molecule has 0 heterocycles. The molecule has 0 aliphatic heterocycles. The summed E-state index contributed by atoms with van der Waals surface area (Å²) in [5.74, 6) is -0.176. The lowest BCUT2D eigenvalue weighted by molar-refractivity contribution is -0.152. The molecule has 1 rings (SSSR count). The number of halogens is 1. The third-order valence-electron chi connectivity index (χ3n) is 2.41. The van der Waals surface area contributed by atoms with Crippen LogP contribution in [0.1, 0.15) is 20.8 Å². The van der Waals surface area contributed by atoms with Crippen molar-refractivity contribution < 1.29 is 9.53 Å². The fourth-order valence-corrected chi connectivity index (χ4v) is 1.55. The number of hydrogen-bond donors (Lipinski definition) is 1. The van der Waals surface area contributed by atoms with Gasteiger partial charge < -0.3 is 10.1 Å². The molecule has 0 aliphatic rings. The Kier molecular flexibility index (Phi) is 5.00. The number of benzene rings is 1. The first-order valence-electron chi connectivity index (χ1n) is 5.62. The number of carbonyl (C=O) groups excluding carboxylic acids is 1. The van der Waals surface area contributed by atoms with Gasteiger partial charge in [-0.15, -0.1) is 0 Å². The van der Waals surface area contributed by atoms with Crippen molar-refractivity contribution in [1.29, 1.82) is 0 Å². The van der Waals surface area contributed by atoms with Crippen LogP contribution in [-0.4, -0.2) is 19.1 Å². The molecule has 0 fully saturated rings. The molecule has 3 nitrogen and oxygen atoms in total. The van der Waals surface area contributed by atoms with Crippen molar-refractivity contribution in [1.82, 2.24) is 0 Å². The SMILES string of the molecule is CCOC(=O)C(C)(C)CNc1ccc(Br)cc1. The van der Waals surface area contributed by atoms with E-state index in [-0.39, 0.29) is 5.97 Å². The predicted molar refractivity (Wildman–Crippen MR) is 73.0 cm³/mol. The van der Waals surface area contributed by atoms with Gasteiger partial charge in [0.15, 0.2) is 0 Å². The van der Waals surface area contributed by atoms with E-state index in [0.29, 0.717) is 13.2 Å². The molecule has 0 spiro atoms. The van der Waals surface area contributed by atoms with Gasteiger partial charge in [-0.25, -0.2) is 0 Å². The van der Waals surface area contributed by atoms with E-state index in [1.807, 2.05) is 45.0 Å². The Hall–Kier alpha value is -1.03. The van der Waals surface area contributed by atoms with Crippen molar-refractivity contribution in [2.45, 2.75) is 20.8 Å². The maximum Gasteiger partial charge on any atom is 0.313 e. The van der Waals surface area contributed by atoms with Crippen molar-refractivity contribution in [2.75, 3.05) is 18.5 Å². The first kappa shape index (κ1) is 14.0. The zero-order chi connectivity index (χ0) is 12.9. The molecule has 1 N–H and O–H groups in total. The molecule has 1 aromatic carbocycles. The number of hydrogen-bond acceptors (Lipinski definition) is 3. The van der Waals surface area contributed by atoms with Gasteiger partial charge in [0, 0.05) is 16.7 Å². The van der Waals surface area contributed by atoms with Crippen LogP contribution in [0.3, 0.4) is 0 Å². The number of ether oxygens (including phenoxy) is 1. The van der Waals surface area contributed by atoms with Crippen LogP contribution < -0.4 is 5.32 Å². The predicted octanol–water partition coefficient (Wildman–Crippen LogP) is 3.45. The second kappa shape index (κ2) is 6.05. The fourth-order valence-electron chi connectivity index (χ4n) is 1.29. The second-order valence-corrected chi connectivity index (χ2v) is 5.38. The van der Waals surface area contributed by atoms with Gasteiger partial charge in [-0.05, 0) is 45.0 Å². The van der Waals surface area contributed by atoms with E-state index in [1.54, 1.807) is 0 Å². The minimum absolute atomic E-state index is 0.176. The van der Waals surface area contributed by atoms with Gasteiger partial charge in [-0.3, -0.25) is 4.79 Å². The lowest BCUT2D eigenvalue weighted by Gasteiger charge is -2.23. The van der Waals surface area contributed by atoms with Crippen molar-refractivity contribution in [3.8, 4) is 0 Å². The molecule has 0 radical (unpaired) electrons. The minimum Gasteiger partial charge on any atom is -0.466 e. The maximum absolute atomic E-state index is 11.7. The summed E-state index contributed by atoms with van der Waals surface area (Å²) in [6.07, 6.45) is 0. The summed E-state index contributed by atoms with van der Waals surface area (Å²) in [7, 11) is 0. The molecule has 0 saturated heterocycles. The zero-order valence-corrected chi connectivity index (χ0v) is 12.0. The molecule has 0 amide bonds. The molecule has 17 heavy (non-hydrogen) atoms. The van der Waals surface area contributed by atoms with Gasteiger partial charge in [0.05, 0.1) is 12.0 Å². The molecule has 0 bridgehead atoms. The molecule has 0 aromatic heterocycles. The quantitative estimate of drug-likeness (QED) is 0.846. The third-order valence-corrected chi connectivity index (χ3v) is 2.94. The van der Waals surface area contributed by atoms with Crippen molar-refractivity contribution in [3.05, 3.63) is 28.7 Å². The molecule has 0 saturated carbocycles. The van der Waals surface area contributed by atoms with Crippen LogP contribution in [0.5, 0.6) is 0 Å². The van der Waals surface area contributed by atoms with E-state index < -0.39 is 5.41 Å². The average Bonchev–Trinajstić information content (AvgIpc) is 2.29. The first-order valence-corrected chi connectivity index (χ1v) is 6.41. The van der Waals surface area contributed by atoms with Gasteiger partial charge in [0.2, 0.25) is 0 Å². The highest BCUT2D eigenvalue weighted by Crippen LogP contribution is 2.20. The van der Waals surface area contributed by atoms with Crippen LogP contribution >= 0.6 is 15.9 Å². The van der Waals surface area contributed by atoms with Crippen LogP contribution in [0, 0.1) is 5.41 Å². The Morgan fingerprint density at radius 3 is 2.47 bits per heavy atom. The topological polar surface area (TPSA) is 38.3 Å². The Balaban J connectivity index is 2.54. The number of nitrogens with one attached hydrogen (secondary N) is 1. The van der Waals surface area contributed by atoms with E-state index >= 15 is 0 Å². The summed E-state index contributed by atoms with van der Waals surface area (Å²) in [6.45, 7) is 6.53. The normalized spacial score (nSPS) is 11.1. The summed E-state index contributed by atoms with van der Waals surface area (Å²) < 4.78 is 6.06. The molecular formula is C13H18BrNO2. The van der Waals surface area contributed by atoms with Crippen molar-refractivity contribution in [2.24, 2.45) is 5.41 Å². The second-order valence-electron chi connectivity index (χ2n) is 4.46. The van der Waals surface area contributed by atoms with E-state index in [4.69, 9.17) is 4.74 Å². The van der Waals surface area contributed by atoms with Crippen LogP contribution in [0.15, 0.2) is 28.7 Å². The van der Waals surface area contributed by atoms with Crippen molar-refractivity contribution in [3.63, 3.8) is 0 Å². The number of carbonyl (C=O) groups is 1. The summed E-state index contributed by atoms with van der Waals surface area (Å²) in [5.41, 5.74) is 0.467. The summed E-state index contributed by atoms with van der Waals surface area (Å²) in [6, 6.07) is 7.84. The molecule has 0 aliphatic carbocycles. The lowest BCUT2D eigenvalue weighted by Crippen LogP contribution is -2.33. The van der Waals surface area contributed by atoms with Crippen LogP contribution in [0.2, 0.25) is 0 Å². The molecule has 0 atom stereocenters.